The standard InChI is InChI=1S/C27H38N6O6S/c1-17(2)11-22(25(36)31-37)24(35)29-20-7-5-18(6-8-20)14-33-15-21(30-32-33)13-28-40(38,39)16-27-10-9-19(12-23(27)34)26(27,3)4/h5-8,15,17,19,22,28,37H,9-14,16H2,1-4H3,(H,29,35)(H,31,36). The second kappa shape index (κ2) is 11.4. The molecule has 2 aromatic rings. The predicted molar refractivity (Wildman–Crippen MR) is 146 cm³/mol. The summed E-state index contributed by atoms with van der Waals surface area (Å²) in [5, 5.41) is 19.8. The van der Waals surface area contributed by atoms with Crippen molar-refractivity contribution < 1.29 is 28.0 Å². The fourth-order valence-electron chi connectivity index (χ4n) is 6.16. The third-order valence-electron chi connectivity index (χ3n) is 8.65. The zero-order valence-electron chi connectivity index (χ0n) is 23.3. The molecule has 2 fully saturated rings. The van der Waals surface area contributed by atoms with Gasteiger partial charge in [0.05, 0.1) is 30.7 Å². The summed E-state index contributed by atoms with van der Waals surface area (Å²) in [6.07, 6.45) is 3.90. The van der Waals surface area contributed by atoms with Crippen LogP contribution in [0.25, 0.3) is 0 Å². The Kier molecular flexibility index (Phi) is 8.48. The second-order valence-electron chi connectivity index (χ2n) is 12.0. The Hall–Kier alpha value is -3.16. The van der Waals surface area contributed by atoms with Crippen LogP contribution in [0, 0.1) is 28.6 Å². The van der Waals surface area contributed by atoms with E-state index in [-0.39, 0.29) is 35.3 Å². The van der Waals surface area contributed by atoms with E-state index in [0.29, 0.717) is 37.2 Å². The van der Waals surface area contributed by atoms with E-state index in [9.17, 15) is 22.8 Å². The van der Waals surface area contributed by atoms with Gasteiger partial charge in [-0.1, -0.05) is 45.0 Å². The van der Waals surface area contributed by atoms with E-state index in [1.54, 1.807) is 40.6 Å². The van der Waals surface area contributed by atoms with Gasteiger partial charge in [-0.2, -0.15) is 0 Å². The molecule has 0 radical (unpaired) electrons. The zero-order valence-corrected chi connectivity index (χ0v) is 24.1. The highest BCUT2D eigenvalue weighted by atomic mass is 32.2. The lowest BCUT2D eigenvalue weighted by Crippen LogP contribution is -2.45. The zero-order chi connectivity index (χ0) is 29.3. The van der Waals surface area contributed by atoms with Gasteiger partial charge in [0.25, 0.3) is 5.91 Å². The lowest BCUT2D eigenvalue weighted by molar-refractivity contribution is -0.139. The van der Waals surface area contributed by atoms with Crippen LogP contribution in [0.1, 0.15) is 64.6 Å². The number of ketones is 1. The van der Waals surface area contributed by atoms with Crippen LogP contribution in [0.2, 0.25) is 0 Å². The van der Waals surface area contributed by atoms with Crippen LogP contribution in [0.15, 0.2) is 30.5 Å². The number of rotatable bonds is 12. The van der Waals surface area contributed by atoms with Crippen LogP contribution in [0.3, 0.4) is 0 Å². The van der Waals surface area contributed by atoms with Gasteiger partial charge in [-0.15, -0.1) is 5.10 Å². The molecule has 2 saturated carbocycles. The first-order valence-electron chi connectivity index (χ1n) is 13.5. The Labute approximate surface area is 234 Å². The number of hydrogen-bond acceptors (Lipinski definition) is 8. The molecule has 1 heterocycles. The predicted octanol–water partition coefficient (Wildman–Crippen LogP) is 2.25. The van der Waals surface area contributed by atoms with E-state index in [1.165, 1.54) is 0 Å². The number of Topliss-reactive ketones (excluding diaryl/α,β-unsaturated/α-hetero) is 1. The van der Waals surface area contributed by atoms with Gasteiger partial charge in [-0.3, -0.25) is 19.6 Å². The van der Waals surface area contributed by atoms with E-state index >= 15 is 0 Å². The molecule has 0 aliphatic heterocycles. The summed E-state index contributed by atoms with van der Waals surface area (Å²) in [5.41, 5.74) is 2.21. The number of amides is 2. The van der Waals surface area contributed by atoms with Gasteiger partial charge in [0, 0.05) is 17.5 Å². The average Bonchev–Trinajstić information content (AvgIpc) is 3.49. The van der Waals surface area contributed by atoms with Crippen molar-refractivity contribution in [3.8, 4) is 0 Å². The molecule has 1 aromatic carbocycles. The number of benzene rings is 1. The van der Waals surface area contributed by atoms with E-state index in [4.69, 9.17) is 5.21 Å². The van der Waals surface area contributed by atoms with E-state index in [2.05, 4.69) is 20.4 Å². The number of nitrogens with one attached hydrogen (secondary N) is 3. The minimum atomic E-state index is -3.72. The van der Waals surface area contributed by atoms with Crippen LogP contribution in [0.5, 0.6) is 0 Å². The van der Waals surface area contributed by atoms with Crippen molar-refractivity contribution in [1.82, 2.24) is 25.2 Å². The Balaban J connectivity index is 1.31. The SMILES string of the molecule is CC(C)CC(C(=O)NO)C(=O)Nc1ccc(Cn2cc(CNS(=O)(=O)CC34CCC(CC3=O)C4(C)C)nn2)cc1. The topological polar surface area (TPSA) is 172 Å². The molecule has 0 spiro atoms. The molecule has 13 heteroatoms. The van der Waals surface area contributed by atoms with Crippen molar-refractivity contribution >= 4 is 33.3 Å². The lowest BCUT2D eigenvalue weighted by Gasteiger charge is -2.36. The molecule has 3 atom stereocenters. The Morgan fingerprint density at radius 2 is 1.88 bits per heavy atom. The van der Waals surface area contributed by atoms with Crippen LogP contribution < -0.4 is 15.5 Å². The first kappa shape index (κ1) is 29.8. The Bertz CT molecular complexity index is 1370. The molecule has 40 heavy (non-hydrogen) atoms. The van der Waals surface area contributed by atoms with Gasteiger partial charge in [-0.25, -0.2) is 23.3 Å². The van der Waals surface area contributed by atoms with Crippen LogP contribution in [-0.2, 0) is 37.5 Å². The number of aromatic nitrogens is 3. The minimum absolute atomic E-state index is 0.0274. The molecule has 2 aliphatic carbocycles. The molecule has 2 bridgehead atoms. The Morgan fingerprint density at radius 1 is 1.18 bits per heavy atom. The average molecular weight is 575 g/mol. The maximum absolute atomic E-state index is 12.9. The van der Waals surface area contributed by atoms with Crippen molar-refractivity contribution in [3.63, 3.8) is 0 Å². The van der Waals surface area contributed by atoms with Crippen molar-refractivity contribution in [2.75, 3.05) is 11.1 Å². The fourth-order valence-corrected chi connectivity index (χ4v) is 7.95. The molecule has 3 unspecified atom stereocenters. The summed E-state index contributed by atoms with van der Waals surface area (Å²) >= 11 is 0. The van der Waals surface area contributed by atoms with Crippen LogP contribution >= 0.6 is 0 Å². The molecule has 1 aromatic heterocycles. The molecule has 12 nitrogen and oxygen atoms in total. The lowest BCUT2D eigenvalue weighted by atomic mass is 9.70. The minimum Gasteiger partial charge on any atom is -0.325 e. The highest BCUT2D eigenvalue weighted by Crippen LogP contribution is 2.64. The van der Waals surface area contributed by atoms with Crippen molar-refractivity contribution in [2.45, 2.75) is 66.5 Å². The first-order valence-corrected chi connectivity index (χ1v) is 15.1. The van der Waals surface area contributed by atoms with E-state index in [1.807, 2.05) is 27.7 Å². The van der Waals surface area contributed by atoms with Gasteiger partial charge in [0.1, 0.15) is 11.7 Å². The second-order valence-corrected chi connectivity index (χ2v) is 13.8. The van der Waals surface area contributed by atoms with Crippen LogP contribution in [-0.4, -0.2) is 52.0 Å². The third kappa shape index (κ3) is 6.11. The summed E-state index contributed by atoms with van der Waals surface area (Å²) < 4.78 is 30.1. The number of anilines is 1. The van der Waals surface area contributed by atoms with Gasteiger partial charge in [0.2, 0.25) is 15.9 Å². The first-order chi connectivity index (χ1) is 18.8. The monoisotopic (exact) mass is 574 g/mol. The van der Waals surface area contributed by atoms with Gasteiger partial charge < -0.3 is 5.32 Å². The van der Waals surface area contributed by atoms with Gasteiger partial charge in [0.15, 0.2) is 0 Å². The number of sulfonamides is 1. The molecule has 2 amide bonds. The number of hydrogen-bond donors (Lipinski definition) is 4. The number of carbonyl (C=O) groups excluding carboxylic acids is 3. The molecule has 0 saturated heterocycles. The number of hydroxylamine groups is 1. The molecular weight excluding hydrogens is 536 g/mol. The van der Waals surface area contributed by atoms with Gasteiger partial charge >= 0.3 is 0 Å². The van der Waals surface area contributed by atoms with Crippen molar-refractivity contribution in [3.05, 3.63) is 41.7 Å². The third-order valence-corrected chi connectivity index (χ3v) is 10.1. The number of nitrogens with zero attached hydrogens (tertiary/aromatic N) is 3. The summed E-state index contributed by atoms with van der Waals surface area (Å²) in [6.45, 7) is 8.12. The summed E-state index contributed by atoms with van der Waals surface area (Å²) in [4.78, 5) is 37.2. The number of carbonyl (C=O) groups is 3. The normalized spacial score (nSPS) is 22.4. The molecule has 4 N–H and O–H groups in total. The largest absolute Gasteiger partial charge is 0.325 e. The summed E-state index contributed by atoms with van der Waals surface area (Å²) in [6, 6.07) is 6.97. The van der Waals surface area contributed by atoms with Gasteiger partial charge in [-0.05, 0) is 54.2 Å². The Morgan fingerprint density at radius 3 is 2.45 bits per heavy atom. The van der Waals surface area contributed by atoms with E-state index < -0.39 is 33.2 Å². The molecular formula is C27H38N6O6S. The maximum Gasteiger partial charge on any atom is 0.255 e. The van der Waals surface area contributed by atoms with Crippen molar-refractivity contribution in [2.24, 2.45) is 28.6 Å². The highest BCUT2D eigenvalue weighted by Gasteiger charge is 2.65. The van der Waals surface area contributed by atoms with E-state index in [0.717, 1.165) is 12.0 Å². The molecule has 2 aliphatic rings. The van der Waals surface area contributed by atoms with Crippen LogP contribution in [0.4, 0.5) is 5.69 Å². The maximum atomic E-state index is 12.9. The highest BCUT2D eigenvalue weighted by molar-refractivity contribution is 7.89. The fraction of sp³-hybridized carbons (Fsp3) is 0.593. The summed E-state index contributed by atoms with van der Waals surface area (Å²) in [5.74, 6) is -2.11. The molecule has 218 valence electrons. The summed E-state index contributed by atoms with van der Waals surface area (Å²) in [7, 11) is -3.72. The molecule has 4 rings (SSSR count). The quantitative estimate of drug-likeness (QED) is 0.170. The van der Waals surface area contributed by atoms with Crippen molar-refractivity contribution in [1.29, 1.82) is 0 Å². The number of fused-ring (bicyclic) bond motifs is 2. The smallest absolute Gasteiger partial charge is 0.255 e.